The van der Waals surface area contributed by atoms with Gasteiger partial charge in [0.15, 0.2) is 5.82 Å². The molecule has 1 aromatic heterocycles. The molecule has 0 aliphatic rings. The fourth-order valence-corrected chi connectivity index (χ4v) is 2.28. The van der Waals surface area contributed by atoms with Gasteiger partial charge in [-0.15, -0.1) is 0 Å². The van der Waals surface area contributed by atoms with Crippen LogP contribution in [-0.2, 0) is 0 Å². The smallest absolute Gasteiger partial charge is 0.224 e. The van der Waals surface area contributed by atoms with Crippen LogP contribution in [0.1, 0.15) is 5.69 Å². The van der Waals surface area contributed by atoms with E-state index in [4.69, 9.17) is 22.1 Å². The SMILES string of the molecule is COc1ccc(Nc2nc(Cl)nc(C)c2N)cc1Br. The third-order valence-corrected chi connectivity index (χ3v) is 3.31. The summed E-state index contributed by atoms with van der Waals surface area (Å²) in [4.78, 5) is 8.05. The number of nitrogen functional groups attached to an aromatic ring is 1. The molecule has 3 N–H and O–H groups in total. The normalized spacial score (nSPS) is 10.3. The molecule has 0 saturated heterocycles. The van der Waals surface area contributed by atoms with Crippen LogP contribution in [0, 0.1) is 6.92 Å². The third kappa shape index (κ3) is 3.08. The van der Waals surface area contributed by atoms with Crippen molar-refractivity contribution in [2.75, 3.05) is 18.2 Å². The Balaban J connectivity index is 2.33. The lowest BCUT2D eigenvalue weighted by atomic mass is 10.3. The van der Waals surface area contributed by atoms with E-state index >= 15 is 0 Å². The first-order valence-electron chi connectivity index (χ1n) is 5.41. The molecule has 0 saturated carbocycles. The highest BCUT2D eigenvalue weighted by atomic mass is 79.9. The molecular weight excluding hydrogens is 332 g/mol. The predicted octanol–water partition coefficient (Wildman–Crippen LogP) is 3.54. The van der Waals surface area contributed by atoms with E-state index < -0.39 is 0 Å². The van der Waals surface area contributed by atoms with Crippen molar-refractivity contribution in [3.05, 3.63) is 33.6 Å². The van der Waals surface area contributed by atoms with E-state index in [1.54, 1.807) is 14.0 Å². The largest absolute Gasteiger partial charge is 0.496 e. The van der Waals surface area contributed by atoms with Gasteiger partial charge in [0.1, 0.15) is 5.75 Å². The summed E-state index contributed by atoms with van der Waals surface area (Å²) in [6, 6.07) is 5.55. The molecule has 1 aromatic carbocycles. The maximum absolute atomic E-state index is 5.91. The minimum Gasteiger partial charge on any atom is -0.496 e. The molecule has 19 heavy (non-hydrogen) atoms. The quantitative estimate of drug-likeness (QED) is 0.834. The van der Waals surface area contributed by atoms with Gasteiger partial charge in [0, 0.05) is 5.69 Å². The highest BCUT2D eigenvalue weighted by Crippen LogP contribution is 2.30. The fourth-order valence-electron chi connectivity index (χ4n) is 1.52. The van der Waals surface area contributed by atoms with E-state index in [2.05, 4.69) is 31.2 Å². The third-order valence-electron chi connectivity index (χ3n) is 2.52. The maximum Gasteiger partial charge on any atom is 0.224 e. The van der Waals surface area contributed by atoms with Crippen LogP contribution in [0.15, 0.2) is 22.7 Å². The van der Waals surface area contributed by atoms with Gasteiger partial charge in [-0.05, 0) is 52.7 Å². The van der Waals surface area contributed by atoms with Crippen LogP contribution in [-0.4, -0.2) is 17.1 Å². The molecule has 0 spiro atoms. The summed E-state index contributed by atoms with van der Waals surface area (Å²) < 4.78 is 6.00. The Kier molecular flexibility index (Phi) is 4.11. The number of aromatic nitrogens is 2. The number of nitrogens with one attached hydrogen (secondary N) is 1. The summed E-state index contributed by atoms with van der Waals surface area (Å²) in [6.45, 7) is 1.78. The number of ether oxygens (including phenoxy) is 1. The highest BCUT2D eigenvalue weighted by molar-refractivity contribution is 9.10. The van der Waals surface area contributed by atoms with Crippen LogP contribution in [0.2, 0.25) is 5.28 Å². The summed E-state index contributed by atoms with van der Waals surface area (Å²) in [5.74, 6) is 1.23. The minimum atomic E-state index is 0.154. The van der Waals surface area contributed by atoms with Crippen LogP contribution >= 0.6 is 27.5 Å². The molecule has 0 unspecified atom stereocenters. The number of anilines is 3. The average Bonchev–Trinajstić information content (AvgIpc) is 2.35. The van der Waals surface area contributed by atoms with Crippen molar-refractivity contribution < 1.29 is 4.74 Å². The Morgan fingerprint density at radius 1 is 1.37 bits per heavy atom. The van der Waals surface area contributed by atoms with E-state index in [1.165, 1.54) is 0 Å². The van der Waals surface area contributed by atoms with Gasteiger partial charge >= 0.3 is 0 Å². The lowest BCUT2D eigenvalue weighted by Crippen LogP contribution is -2.03. The first-order valence-corrected chi connectivity index (χ1v) is 6.58. The molecule has 1 heterocycles. The number of hydrogen-bond donors (Lipinski definition) is 2. The average molecular weight is 344 g/mol. The van der Waals surface area contributed by atoms with Crippen molar-refractivity contribution in [1.29, 1.82) is 0 Å². The molecule has 0 aliphatic heterocycles. The minimum absolute atomic E-state index is 0.154. The van der Waals surface area contributed by atoms with Crippen molar-refractivity contribution in [1.82, 2.24) is 9.97 Å². The number of hydrogen-bond acceptors (Lipinski definition) is 5. The number of aryl methyl sites for hydroxylation is 1. The Hall–Kier alpha value is -1.53. The molecule has 7 heteroatoms. The van der Waals surface area contributed by atoms with Crippen LogP contribution < -0.4 is 15.8 Å². The van der Waals surface area contributed by atoms with Crippen LogP contribution in [0.25, 0.3) is 0 Å². The Morgan fingerprint density at radius 2 is 2.11 bits per heavy atom. The second-order valence-corrected chi connectivity index (χ2v) is 5.01. The van der Waals surface area contributed by atoms with Gasteiger partial charge in [-0.2, -0.15) is 4.98 Å². The Morgan fingerprint density at radius 3 is 2.74 bits per heavy atom. The molecule has 0 amide bonds. The molecule has 0 aliphatic carbocycles. The zero-order valence-electron chi connectivity index (χ0n) is 10.4. The monoisotopic (exact) mass is 342 g/mol. The molecular formula is C12H12BrClN4O. The lowest BCUT2D eigenvalue weighted by molar-refractivity contribution is 0.412. The van der Waals surface area contributed by atoms with Crippen molar-refractivity contribution in [2.45, 2.75) is 6.92 Å². The molecule has 5 nitrogen and oxygen atoms in total. The topological polar surface area (TPSA) is 73.1 Å². The van der Waals surface area contributed by atoms with Crippen molar-refractivity contribution in [3.63, 3.8) is 0 Å². The predicted molar refractivity (Wildman–Crippen MR) is 80.2 cm³/mol. The second-order valence-electron chi connectivity index (χ2n) is 3.81. The summed E-state index contributed by atoms with van der Waals surface area (Å²) in [5, 5.41) is 3.25. The fraction of sp³-hybridized carbons (Fsp3) is 0.167. The molecule has 100 valence electrons. The molecule has 0 fully saturated rings. The van der Waals surface area contributed by atoms with E-state index in [-0.39, 0.29) is 5.28 Å². The number of nitrogens with two attached hydrogens (primary N) is 1. The maximum atomic E-state index is 5.91. The first kappa shape index (κ1) is 13.9. The van der Waals surface area contributed by atoms with Crippen molar-refractivity contribution in [2.24, 2.45) is 0 Å². The zero-order chi connectivity index (χ0) is 14.0. The Labute approximate surface area is 124 Å². The summed E-state index contributed by atoms with van der Waals surface area (Å²) >= 11 is 9.23. The van der Waals surface area contributed by atoms with Gasteiger partial charge < -0.3 is 15.8 Å². The highest BCUT2D eigenvalue weighted by Gasteiger charge is 2.09. The first-order chi connectivity index (χ1) is 9.01. The van der Waals surface area contributed by atoms with E-state index in [0.29, 0.717) is 17.2 Å². The Bertz CT molecular complexity index is 621. The standard InChI is InChI=1S/C12H12BrClN4O/c1-6-10(15)11(18-12(14)16-6)17-7-3-4-9(19-2)8(13)5-7/h3-5H,15H2,1-2H3,(H,16,17,18). The van der Waals surface area contributed by atoms with E-state index in [9.17, 15) is 0 Å². The summed E-state index contributed by atoms with van der Waals surface area (Å²) in [7, 11) is 1.61. The molecule has 0 atom stereocenters. The number of halogens is 2. The lowest BCUT2D eigenvalue weighted by Gasteiger charge is -2.11. The number of benzene rings is 1. The second kappa shape index (κ2) is 5.63. The van der Waals surface area contributed by atoms with Crippen LogP contribution in [0.5, 0.6) is 5.75 Å². The van der Waals surface area contributed by atoms with Gasteiger partial charge in [0.25, 0.3) is 0 Å². The van der Waals surface area contributed by atoms with Gasteiger partial charge in [-0.1, -0.05) is 0 Å². The molecule has 0 radical (unpaired) electrons. The van der Waals surface area contributed by atoms with E-state index in [0.717, 1.165) is 15.9 Å². The van der Waals surface area contributed by atoms with Crippen molar-refractivity contribution in [3.8, 4) is 5.75 Å². The van der Waals surface area contributed by atoms with E-state index in [1.807, 2.05) is 18.2 Å². The molecule has 2 aromatic rings. The zero-order valence-corrected chi connectivity index (χ0v) is 12.7. The van der Waals surface area contributed by atoms with Gasteiger partial charge in [-0.3, -0.25) is 0 Å². The van der Waals surface area contributed by atoms with Crippen molar-refractivity contribution >= 4 is 44.7 Å². The number of rotatable bonds is 3. The van der Waals surface area contributed by atoms with Gasteiger partial charge in [-0.25, -0.2) is 4.98 Å². The van der Waals surface area contributed by atoms with Gasteiger partial charge in [0.05, 0.1) is 23.0 Å². The molecule has 2 rings (SSSR count). The molecule has 0 bridgehead atoms. The number of methoxy groups -OCH3 is 1. The number of nitrogens with zero attached hydrogens (tertiary/aromatic N) is 2. The summed E-state index contributed by atoms with van der Waals surface area (Å²) in [6.07, 6.45) is 0. The summed E-state index contributed by atoms with van der Waals surface area (Å²) in [5.41, 5.74) is 7.83. The van der Waals surface area contributed by atoms with Crippen LogP contribution in [0.3, 0.4) is 0 Å². The van der Waals surface area contributed by atoms with Crippen LogP contribution in [0.4, 0.5) is 17.2 Å². The van der Waals surface area contributed by atoms with Gasteiger partial charge in [0.2, 0.25) is 5.28 Å².